The number of hydrogen-bond acceptors (Lipinski definition) is 5. The molecule has 0 aliphatic heterocycles. The van der Waals surface area contributed by atoms with Crippen LogP contribution in [-0.2, 0) is 6.42 Å². The van der Waals surface area contributed by atoms with E-state index in [4.69, 9.17) is 5.73 Å². The monoisotopic (exact) mass is 261 g/mol. The van der Waals surface area contributed by atoms with Crippen LogP contribution in [0.15, 0.2) is 35.8 Å². The van der Waals surface area contributed by atoms with E-state index >= 15 is 0 Å². The Labute approximate surface area is 107 Å². The first-order valence-electron chi connectivity index (χ1n) is 5.32. The smallest absolute Gasteiger partial charge is 0.0669 e. The van der Waals surface area contributed by atoms with Crippen molar-refractivity contribution in [1.29, 1.82) is 0 Å². The third-order valence-electron chi connectivity index (χ3n) is 2.74. The second-order valence-electron chi connectivity index (χ2n) is 3.89. The number of nitrogens with zero attached hydrogens (tertiary/aromatic N) is 2. The molecule has 0 aliphatic rings. The van der Waals surface area contributed by atoms with Gasteiger partial charge in [0, 0.05) is 10.7 Å². The first-order chi connectivity index (χ1) is 8.34. The van der Waals surface area contributed by atoms with E-state index < -0.39 is 0 Å². The van der Waals surface area contributed by atoms with Crippen molar-refractivity contribution >= 4 is 33.0 Å². The molecule has 2 heterocycles. The largest absolute Gasteiger partial charge is 0.323 e. The lowest BCUT2D eigenvalue weighted by molar-refractivity contribution is 0.739. The third-order valence-corrected chi connectivity index (χ3v) is 4.55. The van der Waals surface area contributed by atoms with Gasteiger partial charge in [-0.3, -0.25) is 0 Å². The summed E-state index contributed by atoms with van der Waals surface area (Å²) in [5.41, 5.74) is 7.47. The van der Waals surface area contributed by atoms with Crippen molar-refractivity contribution in [3.63, 3.8) is 0 Å². The molecule has 3 rings (SSSR count). The molecular formula is C12H11N3S2. The molecule has 2 aromatic heterocycles. The molecule has 3 nitrogen and oxygen atoms in total. The summed E-state index contributed by atoms with van der Waals surface area (Å²) in [6.45, 7) is 0. The summed E-state index contributed by atoms with van der Waals surface area (Å²) in [5.74, 6) is 0. The van der Waals surface area contributed by atoms with Gasteiger partial charge in [0.2, 0.25) is 0 Å². The normalized spacial score (nSPS) is 13.0. The Hall–Kier alpha value is -1.30. The van der Waals surface area contributed by atoms with Crippen LogP contribution >= 0.6 is 22.9 Å². The SMILES string of the molecule is NC(Cc1csc2ccccc12)c1cnns1. The molecule has 1 unspecified atom stereocenters. The highest BCUT2D eigenvalue weighted by atomic mass is 32.1. The molecule has 0 radical (unpaired) electrons. The lowest BCUT2D eigenvalue weighted by atomic mass is 10.1. The molecular weight excluding hydrogens is 250 g/mol. The van der Waals surface area contributed by atoms with Crippen LogP contribution in [0.4, 0.5) is 0 Å². The molecule has 5 heteroatoms. The molecule has 2 N–H and O–H groups in total. The minimum atomic E-state index is -0.00648. The van der Waals surface area contributed by atoms with Crippen molar-refractivity contribution in [2.75, 3.05) is 0 Å². The molecule has 17 heavy (non-hydrogen) atoms. The maximum Gasteiger partial charge on any atom is 0.0669 e. The second-order valence-corrected chi connectivity index (χ2v) is 5.62. The molecule has 0 amide bonds. The van der Waals surface area contributed by atoms with Gasteiger partial charge in [-0.2, -0.15) is 0 Å². The van der Waals surface area contributed by atoms with Crippen LogP contribution in [0, 0.1) is 0 Å². The number of rotatable bonds is 3. The van der Waals surface area contributed by atoms with Crippen LogP contribution < -0.4 is 5.73 Å². The molecule has 0 fully saturated rings. The fourth-order valence-corrected chi connectivity index (χ4v) is 3.34. The first-order valence-corrected chi connectivity index (χ1v) is 6.98. The molecule has 0 aliphatic carbocycles. The summed E-state index contributed by atoms with van der Waals surface area (Å²) in [7, 11) is 0. The fraction of sp³-hybridized carbons (Fsp3) is 0.167. The molecule has 0 bridgehead atoms. The van der Waals surface area contributed by atoms with Crippen LogP contribution in [0.5, 0.6) is 0 Å². The van der Waals surface area contributed by atoms with Gasteiger partial charge in [-0.05, 0) is 40.3 Å². The zero-order valence-electron chi connectivity index (χ0n) is 9.04. The predicted octanol–water partition coefficient (Wildman–Crippen LogP) is 3.00. The van der Waals surface area contributed by atoms with E-state index in [1.165, 1.54) is 27.2 Å². The highest BCUT2D eigenvalue weighted by molar-refractivity contribution is 7.17. The van der Waals surface area contributed by atoms with Gasteiger partial charge in [-0.25, -0.2) is 0 Å². The molecule has 0 spiro atoms. The van der Waals surface area contributed by atoms with Gasteiger partial charge in [0.05, 0.1) is 11.1 Å². The van der Waals surface area contributed by atoms with Gasteiger partial charge in [0.25, 0.3) is 0 Å². The van der Waals surface area contributed by atoms with Crippen molar-refractivity contribution in [1.82, 2.24) is 9.59 Å². The highest BCUT2D eigenvalue weighted by Crippen LogP contribution is 2.29. The standard InChI is InChI=1S/C12H11N3S2/c13-10(12-6-14-15-17-12)5-8-7-16-11-4-2-1-3-9(8)11/h1-4,6-7,10H,5,13H2. The first kappa shape index (κ1) is 10.8. The number of thiophene rings is 1. The van der Waals surface area contributed by atoms with Crippen molar-refractivity contribution in [2.45, 2.75) is 12.5 Å². The number of nitrogens with two attached hydrogens (primary N) is 1. The van der Waals surface area contributed by atoms with E-state index in [0.717, 1.165) is 11.3 Å². The fourth-order valence-electron chi connectivity index (χ4n) is 1.87. The Morgan fingerprint density at radius 1 is 1.29 bits per heavy atom. The summed E-state index contributed by atoms with van der Waals surface area (Å²) < 4.78 is 5.17. The Morgan fingerprint density at radius 3 is 3.00 bits per heavy atom. The van der Waals surface area contributed by atoms with Crippen molar-refractivity contribution in [3.05, 3.63) is 46.3 Å². The van der Waals surface area contributed by atoms with Crippen LogP contribution in [-0.4, -0.2) is 9.59 Å². The van der Waals surface area contributed by atoms with E-state index in [-0.39, 0.29) is 6.04 Å². The van der Waals surface area contributed by atoms with Crippen LogP contribution in [0.3, 0.4) is 0 Å². The molecule has 1 atom stereocenters. The highest BCUT2D eigenvalue weighted by Gasteiger charge is 2.12. The second kappa shape index (κ2) is 4.52. The summed E-state index contributed by atoms with van der Waals surface area (Å²) in [6, 6.07) is 8.42. The molecule has 1 aromatic carbocycles. The Balaban J connectivity index is 1.90. The number of fused-ring (bicyclic) bond motifs is 1. The molecule has 0 saturated carbocycles. The summed E-state index contributed by atoms with van der Waals surface area (Å²) >= 11 is 3.15. The van der Waals surface area contributed by atoms with E-state index in [1.807, 2.05) is 0 Å². The van der Waals surface area contributed by atoms with Gasteiger partial charge in [-0.15, -0.1) is 16.4 Å². The van der Waals surface area contributed by atoms with E-state index in [2.05, 4.69) is 39.2 Å². The van der Waals surface area contributed by atoms with E-state index in [1.54, 1.807) is 17.5 Å². The Morgan fingerprint density at radius 2 is 2.18 bits per heavy atom. The topological polar surface area (TPSA) is 51.8 Å². The maximum atomic E-state index is 6.16. The number of benzene rings is 1. The minimum Gasteiger partial charge on any atom is -0.323 e. The zero-order valence-corrected chi connectivity index (χ0v) is 10.7. The number of aromatic nitrogens is 2. The molecule has 0 saturated heterocycles. The van der Waals surface area contributed by atoms with Crippen LogP contribution in [0.1, 0.15) is 16.5 Å². The minimum absolute atomic E-state index is 0.00648. The average Bonchev–Trinajstić information content (AvgIpc) is 2.98. The Kier molecular flexibility index (Phi) is 2.88. The van der Waals surface area contributed by atoms with Gasteiger partial charge >= 0.3 is 0 Å². The van der Waals surface area contributed by atoms with E-state index in [0.29, 0.717) is 0 Å². The number of hydrogen-bond donors (Lipinski definition) is 1. The summed E-state index contributed by atoms with van der Waals surface area (Å²) in [5, 5.41) is 7.33. The maximum absolute atomic E-state index is 6.16. The third kappa shape index (κ3) is 2.09. The zero-order chi connectivity index (χ0) is 11.7. The Bertz CT molecular complexity index is 616. The quantitative estimate of drug-likeness (QED) is 0.788. The summed E-state index contributed by atoms with van der Waals surface area (Å²) in [6.07, 6.45) is 2.60. The van der Waals surface area contributed by atoms with Crippen LogP contribution in [0.2, 0.25) is 0 Å². The predicted molar refractivity (Wildman–Crippen MR) is 72.4 cm³/mol. The van der Waals surface area contributed by atoms with Gasteiger partial charge < -0.3 is 5.73 Å². The van der Waals surface area contributed by atoms with Gasteiger partial charge in [-0.1, -0.05) is 22.7 Å². The summed E-state index contributed by atoms with van der Waals surface area (Å²) in [4.78, 5) is 1.04. The average molecular weight is 261 g/mol. The van der Waals surface area contributed by atoms with Crippen molar-refractivity contribution in [3.8, 4) is 0 Å². The van der Waals surface area contributed by atoms with Gasteiger partial charge in [0.1, 0.15) is 0 Å². The van der Waals surface area contributed by atoms with Crippen molar-refractivity contribution < 1.29 is 0 Å². The van der Waals surface area contributed by atoms with Crippen LogP contribution in [0.25, 0.3) is 10.1 Å². The van der Waals surface area contributed by atoms with Crippen molar-refractivity contribution in [2.24, 2.45) is 5.73 Å². The molecule has 86 valence electrons. The van der Waals surface area contributed by atoms with Gasteiger partial charge in [0.15, 0.2) is 0 Å². The molecule has 3 aromatic rings. The lowest BCUT2D eigenvalue weighted by Crippen LogP contribution is -2.11. The lowest BCUT2D eigenvalue weighted by Gasteiger charge is -2.07. The van der Waals surface area contributed by atoms with E-state index in [9.17, 15) is 0 Å².